The van der Waals surface area contributed by atoms with E-state index in [1.165, 1.54) is 0 Å². The molecular formula is C11H17N3O. The predicted octanol–water partition coefficient (Wildman–Crippen LogP) is 1.02. The Labute approximate surface area is 89.7 Å². The van der Waals surface area contributed by atoms with Gasteiger partial charge in [0.1, 0.15) is 11.6 Å². The summed E-state index contributed by atoms with van der Waals surface area (Å²) < 4.78 is 0. The molecule has 1 aliphatic heterocycles. The molecule has 0 aliphatic carbocycles. The number of nitrogens with two attached hydrogens (primary N) is 1. The van der Waals surface area contributed by atoms with E-state index in [4.69, 9.17) is 5.73 Å². The molecule has 0 saturated carbocycles. The molecule has 0 radical (unpaired) electrons. The monoisotopic (exact) mass is 207 g/mol. The second kappa shape index (κ2) is 3.70. The van der Waals surface area contributed by atoms with E-state index in [1.807, 2.05) is 19.1 Å². The van der Waals surface area contributed by atoms with E-state index >= 15 is 0 Å². The third-order valence-electron chi connectivity index (χ3n) is 2.92. The third-order valence-corrected chi connectivity index (χ3v) is 2.92. The van der Waals surface area contributed by atoms with Gasteiger partial charge < -0.3 is 15.7 Å². The van der Waals surface area contributed by atoms with Crippen molar-refractivity contribution in [3.8, 4) is 0 Å². The van der Waals surface area contributed by atoms with E-state index in [1.54, 1.807) is 6.07 Å². The lowest BCUT2D eigenvalue weighted by molar-refractivity contribution is 0.0350. The highest BCUT2D eigenvalue weighted by molar-refractivity contribution is 5.45. The van der Waals surface area contributed by atoms with Gasteiger partial charge in [0.05, 0.1) is 5.60 Å². The normalized spacial score (nSPS) is 20.3. The summed E-state index contributed by atoms with van der Waals surface area (Å²) in [6, 6.07) is 5.64. The molecule has 4 heteroatoms. The van der Waals surface area contributed by atoms with Gasteiger partial charge >= 0.3 is 0 Å². The fourth-order valence-corrected chi connectivity index (χ4v) is 1.83. The molecule has 82 valence electrons. The van der Waals surface area contributed by atoms with E-state index in [9.17, 15) is 5.11 Å². The van der Waals surface area contributed by atoms with Crippen molar-refractivity contribution in [2.24, 2.45) is 0 Å². The van der Waals surface area contributed by atoms with Crippen molar-refractivity contribution in [2.45, 2.75) is 25.4 Å². The minimum atomic E-state index is -0.517. The van der Waals surface area contributed by atoms with Crippen LogP contribution in [-0.4, -0.2) is 28.8 Å². The molecular weight excluding hydrogens is 190 g/mol. The van der Waals surface area contributed by atoms with Crippen molar-refractivity contribution < 1.29 is 5.11 Å². The number of nitrogens with zero attached hydrogens (tertiary/aromatic N) is 2. The number of pyridine rings is 1. The summed E-state index contributed by atoms with van der Waals surface area (Å²) >= 11 is 0. The summed E-state index contributed by atoms with van der Waals surface area (Å²) in [5, 5.41) is 9.82. The van der Waals surface area contributed by atoms with Gasteiger partial charge in [-0.1, -0.05) is 6.07 Å². The maximum Gasteiger partial charge on any atom is 0.130 e. The molecule has 1 aromatic heterocycles. The molecule has 0 unspecified atom stereocenters. The van der Waals surface area contributed by atoms with Crippen LogP contribution in [0.3, 0.4) is 0 Å². The van der Waals surface area contributed by atoms with Gasteiger partial charge in [0.15, 0.2) is 0 Å². The Hall–Kier alpha value is -1.29. The number of aliphatic hydroxyl groups is 1. The van der Waals surface area contributed by atoms with Crippen molar-refractivity contribution >= 4 is 11.6 Å². The highest BCUT2D eigenvalue weighted by atomic mass is 16.3. The molecule has 1 saturated heterocycles. The summed E-state index contributed by atoms with van der Waals surface area (Å²) in [6.07, 6.45) is 1.56. The van der Waals surface area contributed by atoms with Crippen LogP contribution in [0.1, 0.15) is 19.8 Å². The standard InChI is InChI=1S/C11H17N3O/c1-11(15)5-7-14(8-6-11)10-4-2-3-9(12)13-10/h2-4,15H,5-8H2,1H3,(H2,12,13). The van der Waals surface area contributed by atoms with Crippen molar-refractivity contribution in [1.82, 2.24) is 4.98 Å². The second-order valence-electron chi connectivity index (χ2n) is 4.40. The number of hydrogen-bond acceptors (Lipinski definition) is 4. The molecule has 0 bridgehead atoms. The quantitative estimate of drug-likeness (QED) is 0.721. The molecule has 1 aromatic rings. The van der Waals surface area contributed by atoms with Gasteiger partial charge in [0.2, 0.25) is 0 Å². The Morgan fingerprint density at radius 1 is 1.40 bits per heavy atom. The predicted molar refractivity (Wildman–Crippen MR) is 60.7 cm³/mol. The Bertz CT molecular complexity index is 341. The zero-order valence-corrected chi connectivity index (χ0v) is 8.98. The van der Waals surface area contributed by atoms with Crippen LogP contribution in [-0.2, 0) is 0 Å². The van der Waals surface area contributed by atoms with Gasteiger partial charge in [-0.25, -0.2) is 4.98 Å². The molecule has 2 heterocycles. The van der Waals surface area contributed by atoms with Gasteiger partial charge in [0, 0.05) is 13.1 Å². The molecule has 4 nitrogen and oxygen atoms in total. The minimum absolute atomic E-state index is 0.517. The number of aromatic nitrogens is 1. The van der Waals surface area contributed by atoms with Crippen LogP contribution in [0.15, 0.2) is 18.2 Å². The molecule has 1 fully saturated rings. The number of nitrogen functional groups attached to an aromatic ring is 1. The van der Waals surface area contributed by atoms with Gasteiger partial charge in [-0.3, -0.25) is 0 Å². The van der Waals surface area contributed by atoms with E-state index < -0.39 is 5.60 Å². The first-order valence-corrected chi connectivity index (χ1v) is 5.27. The first-order valence-electron chi connectivity index (χ1n) is 5.27. The summed E-state index contributed by atoms with van der Waals surface area (Å²) in [4.78, 5) is 6.43. The number of piperidine rings is 1. The van der Waals surface area contributed by atoms with Crippen molar-refractivity contribution in [2.75, 3.05) is 23.7 Å². The molecule has 0 spiro atoms. The second-order valence-corrected chi connectivity index (χ2v) is 4.40. The van der Waals surface area contributed by atoms with Crippen molar-refractivity contribution in [1.29, 1.82) is 0 Å². The number of anilines is 2. The smallest absolute Gasteiger partial charge is 0.130 e. The molecule has 2 rings (SSSR count). The van der Waals surface area contributed by atoms with Crippen LogP contribution < -0.4 is 10.6 Å². The van der Waals surface area contributed by atoms with E-state index in [0.29, 0.717) is 5.82 Å². The van der Waals surface area contributed by atoms with Crippen molar-refractivity contribution in [3.05, 3.63) is 18.2 Å². The lowest BCUT2D eigenvalue weighted by atomic mass is 9.94. The largest absolute Gasteiger partial charge is 0.390 e. The lowest BCUT2D eigenvalue weighted by Gasteiger charge is -2.36. The summed E-state index contributed by atoms with van der Waals surface area (Å²) in [6.45, 7) is 3.56. The Kier molecular flexibility index (Phi) is 2.52. The van der Waals surface area contributed by atoms with Crippen LogP contribution >= 0.6 is 0 Å². The molecule has 1 aliphatic rings. The van der Waals surface area contributed by atoms with Crippen LogP contribution in [0.25, 0.3) is 0 Å². The maximum atomic E-state index is 9.82. The highest BCUT2D eigenvalue weighted by Gasteiger charge is 2.27. The van der Waals surface area contributed by atoms with E-state index in [-0.39, 0.29) is 0 Å². The van der Waals surface area contributed by atoms with E-state index in [2.05, 4.69) is 9.88 Å². The Balaban J connectivity index is 2.08. The Morgan fingerprint density at radius 3 is 2.67 bits per heavy atom. The number of hydrogen-bond donors (Lipinski definition) is 2. The maximum absolute atomic E-state index is 9.82. The first kappa shape index (κ1) is 10.2. The van der Waals surface area contributed by atoms with Crippen molar-refractivity contribution in [3.63, 3.8) is 0 Å². The SMILES string of the molecule is CC1(O)CCN(c2cccc(N)n2)CC1. The molecule has 3 N–H and O–H groups in total. The fourth-order valence-electron chi connectivity index (χ4n) is 1.83. The van der Waals surface area contributed by atoms with Gasteiger partial charge in [0.25, 0.3) is 0 Å². The molecule has 15 heavy (non-hydrogen) atoms. The summed E-state index contributed by atoms with van der Waals surface area (Å²) in [5.74, 6) is 1.45. The van der Waals surface area contributed by atoms with Crippen LogP contribution in [0.2, 0.25) is 0 Å². The van der Waals surface area contributed by atoms with Crippen LogP contribution in [0.4, 0.5) is 11.6 Å². The van der Waals surface area contributed by atoms with E-state index in [0.717, 1.165) is 31.7 Å². The summed E-state index contributed by atoms with van der Waals surface area (Å²) in [7, 11) is 0. The lowest BCUT2D eigenvalue weighted by Crippen LogP contribution is -2.42. The van der Waals surface area contributed by atoms with Gasteiger partial charge in [-0.2, -0.15) is 0 Å². The highest BCUT2D eigenvalue weighted by Crippen LogP contribution is 2.24. The number of rotatable bonds is 1. The first-order chi connectivity index (χ1) is 7.07. The van der Waals surface area contributed by atoms with Gasteiger partial charge in [-0.05, 0) is 31.9 Å². The zero-order chi connectivity index (χ0) is 10.9. The van der Waals surface area contributed by atoms with Crippen LogP contribution in [0.5, 0.6) is 0 Å². The third kappa shape index (κ3) is 2.39. The topological polar surface area (TPSA) is 62.4 Å². The fraction of sp³-hybridized carbons (Fsp3) is 0.545. The van der Waals surface area contributed by atoms with Gasteiger partial charge in [-0.15, -0.1) is 0 Å². The van der Waals surface area contributed by atoms with Crippen LogP contribution in [0, 0.1) is 0 Å². The average Bonchev–Trinajstić information content (AvgIpc) is 2.17. The molecule has 0 aromatic carbocycles. The summed E-state index contributed by atoms with van der Waals surface area (Å²) in [5.41, 5.74) is 5.11. The zero-order valence-electron chi connectivity index (χ0n) is 8.98. The molecule has 0 atom stereocenters. The Morgan fingerprint density at radius 2 is 2.07 bits per heavy atom. The minimum Gasteiger partial charge on any atom is -0.390 e. The molecule has 0 amide bonds. The average molecular weight is 207 g/mol.